The van der Waals surface area contributed by atoms with Crippen molar-refractivity contribution in [2.75, 3.05) is 12.4 Å². The molecule has 1 fully saturated rings. The summed E-state index contributed by atoms with van der Waals surface area (Å²) in [5, 5.41) is 0.116. The quantitative estimate of drug-likeness (QED) is 0.748. The zero-order valence-electron chi connectivity index (χ0n) is 12.0. The lowest BCUT2D eigenvalue weighted by Gasteiger charge is -2.13. The van der Waals surface area contributed by atoms with Crippen LogP contribution in [0.2, 0.25) is 0 Å². The molecule has 1 aromatic rings. The normalized spacial score (nSPS) is 17.4. The molecule has 0 aliphatic heterocycles. The van der Waals surface area contributed by atoms with E-state index in [1.165, 1.54) is 0 Å². The fourth-order valence-electron chi connectivity index (χ4n) is 2.29. The Balaban J connectivity index is 2.05. The number of aromatic nitrogens is 2. The molecule has 0 unspecified atom stereocenters. The van der Waals surface area contributed by atoms with Gasteiger partial charge in [-0.15, -0.1) is 11.6 Å². The maximum atomic E-state index is 12.3. The van der Waals surface area contributed by atoms with Gasteiger partial charge < -0.3 is 4.57 Å². The molecule has 7 heteroatoms. The van der Waals surface area contributed by atoms with Crippen molar-refractivity contribution in [2.45, 2.75) is 51.1 Å². The van der Waals surface area contributed by atoms with E-state index in [1.807, 2.05) is 11.5 Å². The Hall–Kier alpha value is -0.590. The average Bonchev–Trinajstić information content (AvgIpc) is 3.06. The largest absolute Gasteiger partial charge is 0.334 e. The van der Waals surface area contributed by atoms with Gasteiger partial charge in [-0.2, -0.15) is 0 Å². The van der Waals surface area contributed by atoms with Crippen LogP contribution in [0.25, 0.3) is 0 Å². The predicted molar refractivity (Wildman–Crippen MR) is 79.4 cm³/mol. The van der Waals surface area contributed by atoms with Crippen molar-refractivity contribution in [3.63, 3.8) is 0 Å². The molecule has 114 valence electrons. The summed E-state index contributed by atoms with van der Waals surface area (Å²) in [7, 11) is -3.52. The molecule has 5 nitrogen and oxygen atoms in total. The summed E-state index contributed by atoms with van der Waals surface area (Å²) in [5.41, 5.74) is 0.0792. The van der Waals surface area contributed by atoms with Crippen molar-refractivity contribution >= 4 is 21.6 Å². The lowest BCUT2D eigenvalue weighted by Crippen LogP contribution is -2.30. The second-order valence-corrected chi connectivity index (χ2v) is 7.68. The highest BCUT2D eigenvalue weighted by molar-refractivity contribution is 7.89. The maximum absolute atomic E-state index is 12.3. The molecule has 0 saturated heterocycles. The Kier molecular flexibility index (Phi) is 4.76. The molecule has 1 saturated carbocycles. The average molecular weight is 320 g/mol. The second-order valence-electron chi connectivity index (χ2n) is 5.58. The zero-order chi connectivity index (χ0) is 14.8. The van der Waals surface area contributed by atoms with Crippen LogP contribution in [0.15, 0.2) is 11.2 Å². The van der Waals surface area contributed by atoms with E-state index in [9.17, 15) is 8.42 Å². The molecule has 1 heterocycles. The number of hydrogen-bond acceptors (Lipinski definition) is 3. The van der Waals surface area contributed by atoms with Crippen molar-refractivity contribution in [3.8, 4) is 0 Å². The molecule has 1 aliphatic carbocycles. The summed E-state index contributed by atoms with van der Waals surface area (Å²) < 4.78 is 29.1. The van der Waals surface area contributed by atoms with E-state index in [0.717, 1.165) is 38.1 Å². The van der Waals surface area contributed by atoms with Gasteiger partial charge in [-0.25, -0.2) is 18.1 Å². The smallest absolute Gasteiger partial charge is 0.259 e. The summed E-state index contributed by atoms with van der Waals surface area (Å²) in [6.07, 6.45) is 5.52. The lowest BCUT2D eigenvalue weighted by atomic mass is 10.1. The van der Waals surface area contributed by atoms with E-state index in [1.54, 1.807) is 6.20 Å². The van der Waals surface area contributed by atoms with Gasteiger partial charge in [0.2, 0.25) is 0 Å². The third-order valence-electron chi connectivity index (χ3n) is 3.91. The molecule has 1 aromatic heterocycles. The van der Waals surface area contributed by atoms with Gasteiger partial charge in [-0.1, -0.05) is 6.92 Å². The Morgan fingerprint density at radius 2 is 2.20 bits per heavy atom. The number of nitrogens with zero attached hydrogens (tertiary/aromatic N) is 2. The van der Waals surface area contributed by atoms with Crippen LogP contribution >= 0.6 is 11.6 Å². The van der Waals surface area contributed by atoms with Gasteiger partial charge in [0, 0.05) is 25.2 Å². The summed E-state index contributed by atoms with van der Waals surface area (Å²) in [5.74, 6) is 1.31. The molecule has 0 radical (unpaired) electrons. The Labute approximate surface area is 125 Å². The SMILES string of the molecule is CCCn1cc(S(=O)(=O)NCC2(CCCl)CC2)nc1C. The number of nitrogens with one attached hydrogen (secondary N) is 1. The van der Waals surface area contributed by atoms with Gasteiger partial charge in [-0.05, 0) is 38.0 Å². The van der Waals surface area contributed by atoms with Crippen LogP contribution in [0, 0.1) is 12.3 Å². The highest BCUT2D eigenvalue weighted by atomic mass is 35.5. The van der Waals surface area contributed by atoms with Crippen molar-refractivity contribution in [3.05, 3.63) is 12.0 Å². The molecule has 2 rings (SSSR count). The Morgan fingerprint density at radius 1 is 1.50 bits per heavy atom. The number of sulfonamides is 1. The van der Waals surface area contributed by atoms with Crippen molar-refractivity contribution in [1.82, 2.24) is 14.3 Å². The maximum Gasteiger partial charge on any atom is 0.259 e. The fraction of sp³-hybridized carbons (Fsp3) is 0.769. The van der Waals surface area contributed by atoms with E-state index in [4.69, 9.17) is 11.6 Å². The van der Waals surface area contributed by atoms with Gasteiger partial charge >= 0.3 is 0 Å². The van der Waals surface area contributed by atoms with Gasteiger partial charge in [-0.3, -0.25) is 0 Å². The minimum atomic E-state index is -3.52. The van der Waals surface area contributed by atoms with E-state index in [2.05, 4.69) is 16.6 Å². The lowest BCUT2D eigenvalue weighted by molar-refractivity contribution is 0.477. The predicted octanol–water partition coefficient (Wildman–Crippen LogP) is 2.29. The highest BCUT2D eigenvalue weighted by Crippen LogP contribution is 2.48. The molecule has 1 aliphatic rings. The zero-order valence-corrected chi connectivity index (χ0v) is 13.6. The topological polar surface area (TPSA) is 64.0 Å². The van der Waals surface area contributed by atoms with Gasteiger partial charge in [0.15, 0.2) is 5.03 Å². The van der Waals surface area contributed by atoms with Gasteiger partial charge in [0.1, 0.15) is 5.82 Å². The van der Waals surface area contributed by atoms with Crippen molar-refractivity contribution < 1.29 is 8.42 Å². The number of halogens is 1. The number of hydrogen-bond donors (Lipinski definition) is 1. The summed E-state index contributed by atoms with van der Waals surface area (Å²) in [6.45, 7) is 5.12. The minimum Gasteiger partial charge on any atom is -0.334 e. The van der Waals surface area contributed by atoms with Crippen molar-refractivity contribution in [2.24, 2.45) is 5.41 Å². The van der Waals surface area contributed by atoms with Gasteiger partial charge in [0.05, 0.1) is 0 Å². The molecule has 0 bridgehead atoms. The monoisotopic (exact) mass is 319 g/mol. The summed E-state index contributed by atoms with van der Waals surface area (Å²) >= 11 is 5.76. The molecule has 20 heavy (non-hydrogen) atoms. The first-order valence-electron chi connectivity index (χ1n) is 7.02. The van der Waals surface area contributed by atoms with Crippen LogP contribution in [0.5, 0.6) is 0 Å². The van der Waals surface area contributed by atoms with E-state index in [-0.39, 0.29) is 10.4 Å². The van der Waals surface area contributed by atoms with Crippen LogP contribution in [-0.2, 0) is 16.6 Å². The molecule has 0 atom stereocenters. The Morgan fingerprint density at radius 3 is 2.75 bits per heavy atom. The number of aryl methyl sites for hydroxylation is 2. The van der Waals surface area contributed by atoms with Crippen LogP contribution in [-0.4, -0.2) is 30.4 Å². The van der Waals surface area contributed by atoms with Crippen LogP contribution in [0.1, 0.15) is 38.4 Å². The van der Waals surface area contributed by atoms with Gasteiger partial charge in [0.25, 0.3) is 10.0 Å². The van der Waals surface area contributed by atoms with Crippen LogP contribution in [0.3, 0.4) is 0 Å². The first-order valence-corrected chi connectivity index (χ1v) is 9.04. The highest BCUT2D eigenvalue weighted by Gasteiger charge is 2.42. The van der Waals surface area contributed by atoms with Crippen LogP contribution in [0.4, 0.5) is 0 Å². The third-order valence-corrected chi connectivity index (χ3v) is 5.37. The van der Waals surface area contributed by atoms with Crippen molar-refractivity contribution in [1.29, 1.82) is 0 Å². The molecule has 0 aromatic carbocycles. The van der Waals surface area contributed by atoms with E-state index < -0.39 is 10.0 Å². The number of alkyl halides is 1. The second kappa shape index (κ2) is 6.03. The number of imidazole rings is 1. The molecular formula is C13H22ClN3O2S. The third kappa shape index (κ3) is 3.54. The summed E-state index contributed by atoms with van der Waals surface area (Å²) in [4.78, 5) is 4.15. The standard InChI is InChI=1S/C13H22ClN3O2S/c1-3-8-17-9-12(16-11(17)2)20(18,19)15-10-13(4-5-13)6-7-14/h9,15H,3-8,10H2,1-2H3. The molecule has 1 N–H and O–H groups in total. The first-order chi connectivity index (χ1) is 9.42. The Bertz CT molecular complexity index is 564. The molecular weight excluding hydrogens is 298 g/mol. The summed E-state index contributed by atoms with van der Waals surface area (Å²) in [6, 6.07) is 0. The minimum absolute atomic E-state index is 0.0792. The number of rotatable bonds is 8. The van der Waals surface area contributed by atoms with Crippen LogP contribution < -0.4 is 4.72 Å². The van der Waals surface area contributed by atoms with E-state index in [0.29, 0.717) is 12.4 Å². The first kappa shape index (κ1) is 15.8. The van der Waals surface area contributed by atoms with E-state index >= 15 is 0 Å². The molecule has 0 amide bonds. The molecule has 0 spiro atoms. The fourth-order valence-corrected chi connectivity index (χ4v) is 3.85.